The van der Waals surface area contributed by atoms with E-state index in [1.165, 1.54) is 12.8 Å². The molecule has 19 heavy (non-hydrogen) atoms. The summed E-state index contributed by atoms with van der Waals surface area (Å²) in [5, 5.41) is 0. The molecular weight excluding hydrogens is 238 g/mol. The predicted molar refractivity (Wildman–Crippen MR) is 80.0 cm³/mol. The highest BCUT2D eigenvalue weighted by Gasteiger charge is 2.24. The Morgan fingerprint density at radius 2 is 2.05 bits per heavy atom. The number of nitrogens with zero attached hydrogens (tertiary/aromatic N) is 2. The first-order chi connectivity index (χ1) is 9.12. The lowest BCUT2D eigenvalue weighted by Gasteiger charge is -2.38. The molecule has 0 aromatic carbocycles. The van der Waals surface area contributed by atoms with Crippen molar-refractivity contribution in [3.63, 3.8) is 0 Å². The molecule has 0 spiro atoms. The molecule has 1 fully saturated rings. The van der Waals surface area contributed by atoms with Crippen molar-refractivity contribution in [2.24, 2.45) is 11.7 Å². The Hall–Kier alpha value is -0.610. The van der Waals surface area contributed by atoms with Crippen LogP contribution in [-0.4, -0.2) is 54.5 Å². The van der Waals surface area contributed by atoms with Crippen molar-refractivity contribution in [3.05, 3.63) is 0 Å². The number of piperidine rings is 1. The lowest BCUT2D eigenvalue weighted by atomic mass is 9.92. The summed E-state index contributed by atoms with van der Waals surface area (Å²) >= 11 is 0. The Balaban J connectivity index is 2.30. The van der Waals surface area contributed by atoms with Crippen LogP contribution in [0.2, 0.25) is 0 Å². The van der Waals surface area contributed by atoms with Crippen LogP contribution in [-0.2, 0) is 4.79 Å². The van der Waals surface area contributed by atoms with Crippen LogP contribution in [0, 0.1) is 5.92 Å². The SMILES string of the molecule is CCN(CC)C(=O)CCCN1CCC(C)CC1CN. The van der Waals surface area contributed by atoms with Gasteiger partial charge in [-0.3, -0.25) is 9.69 Å². The maximum atomic E-state index is 11.9. The number of rotatable bonds is 7. The van der Waals surface area contributed by atoms with Crippen molar-refractivity contribution in [1.29, 1.82) is 0 Å². The van der Waals surface area contributed by atoms with Crippen LogP contribution in [0.5, 0.6) is 0 Å². The molecule has 112 valence electrons. The summed E-state index contributed by atoms with van der Waals surface area (Å²) in [6.07, 6.45) is 4.10. The van der Waals surface area contributed by atoms with E-state index in [2.05, 4.69) is 11.8 Å². The van der Waals surface area contributed by atoms with Gasteiger partial charge in [-0.2, -0.15) is 0 Å². The van der Waals surface area contributed by atoms with Crippen molar-refractivity contribution in [3.8, 4) is 0 Å². The largest absolute Gasteiger partial charge is 0.343 e. The third-order valence-electron chi connectivity index (χ3n) is 4.32. The highest BCUT2D eigenvalue weighted by Crippen LogP contribution is 2.22. The standard InChI is InChI=1S/C15H31N3O/c1-4-17(5-2)15(19)7-6-9-18-10-8-13(3)11-14(18)12-16/h13-14H,4-12,16H2,1-3H3. The van der Waals surface area contributed by atoms with Gasteiger partial charge in [-0.05, 0) is 52.1 Å². The molecule has 4 heteroatoms. The van der Waals surface area contributed by atoms with Crippen molar-refractivity contribution in [2.45, 2.75) is 52.5 Å². The van der Waals surface area contributed by atoms with Crippen molar-refractivity contribution < 1.29 is 4.79 Å². The number of nitrogens with two attached hydrogens (primary N) is 1. The van der Waals surface area contributed by atoms with Gasteiger partial charge >= 0.3 is 0 Å². The second-order valence-electron chi connectivity index (χ2n) is 5.72. The summed E-state index contributed by atoms with van der Waals surface area (Å²) < 4.78 is 0. The first-order valence-corrected chi connectivity index (χ1v) is 7.84. The Morgan fingerprint density at radius 3 is 2.63 bits per heavy atom. The van der Waals surface area contributed by atoms with E-state index in [4.69, 9.17) is 5.73 Å². The zero-order chi connectivity index (χ0) is 14.3. The van der Waals surface area contributed by atoms with Crippen molar-refractivity contribution >= 4 is 5.91 Å². The van der Waals surface area contributed by atoms with Crippen LogP contribution >= 0.6 is 0 Å². The highest BCUT2D eigenvalue weighted by molar-refractivity contribution is 5.76. The minimum absolute atomic E-state index is 0.291. The van der Waals surface area contributed by atoms with Gasteiger partial charge in [0.15, 0.2) is 0 Å². The monoisotopic (exact) mass is 269 g/mol. The van der Waals surface area contributed by atoms with Gasteiger partial charge in [0.2, 0.25) is 5.91 Å². The zero-order valence-electron chi connectivity index (χ0n) is 12.9. The van der Waals surface area contributed by atoms with Gasteiger partial charge in [-0.25, -0.2) is 0 Å². The van der Waals surface area contributed by atoms with Crippen molar-refractivity contribution in [2.75, 3.05) is 32.7 Å². The minimum Gasteiger partial charge on any atom is -0.343 e. The fourth-order valence-corrected chi connectivity index (χ4v) is 3.01. The molecule has 2 atom stereocenters. The summed E-state index contributed by atoms with van der Waals surface area (Å²) in [5.74, 6) is 1.08. The van der Waals surface area contributed by atoms with E-state index < -0.39 is 0 Å². The topological polar surface area (TPSA) is 49.6 Å². The Labute approximate surface area is 118 Å². The molecule has 0 aliphatic carbocycles. The Morgan fingerprint density at radius 1 is 1.37 bits per heavy atom. The van der Waals surface area contributed by atoms with Crippen LogP contribution in [0.1, 0.15) is 46.5 Å². The van der Waals surface area contributed by atoms with Gasteiger partial charge in [0.05, 0.1) is 0 Å². The molecule has 1 heterocycles. The maximum absolute atomic E-state index is 11.9. The van der Waals surface area contributed by atoms with E-state index in [1.54, 1.807) is 0 Å². The Kier molecular flexibility index (Phi) is 7.39. The quantitative estimate of drug-likeness (QED) is 0.765. The Bertz CT molecular complexity index is 266. The molecule has 0 radical (unpaired) electrons. The highest BCUT2D eigenvalue weighted by atomic mass is 16.2. The average Bonchev–Trinajstić information content (AvgIpc) is 2.41. The smallest absolute Gasteiger partial charge is 0.222 e. The predicted octanol–water partition coefficient (Wildman–Crippen LogP) is 1.69. The number of carbonyl (C=O) groups excluding carboxylic acids is 1. The molecule has 2 N–H and O–H groups in total. The molecule has 1 aliphatic heterocycles. The van der Waals surface area contributed by atoms with Gasteiger partial charge in [0, 0.05) is 32.1 Å². The van der Waals surface area contributed by atoms with Gasteiger partial charge in [0.25, 0.3) is 0 Å². The molecule has 2 unspecified atom stereocenters. The molecule has 0 saturated carbocycles. The third-order valence-corrected chi connectivity index (χ3v) is 4.32. The fraction of sp³-hybridized carbons (Fsp3) is 0.933. The van der Waals surface area contributed by atoms with E-state index in [9.17, 15) is 4.79 Å². The first-order valence-electron chi connectivity index (χ1n) is 7.84. The van der Waals surface area contributed by atoms with Gasteiger partial charge in [-0.1, -0.05) is 6.92 Å². The van der Waals surface area contributed by atoms with Crippen molar-refractivity contribution in [1.82, 2.24) is 9.80 Å². The summed E-state index contributed by atoms with van der Waals surface area (Å²) in [4.78, 5) is 16.3. The summed E-state index contributed by atoms with van der Waals surface area (Å²) in [6.45, 7) is 10.9. The number of carbonyl (C=O) groups is 1. The van der Waals surface area contributed by atoms with Gasteiger partial charge in [0.1, 0.15) is 0 Å². The number of hydrogen-bond donors (Lipinski definition) is 1. The second kappa shape index (κ2) is 8.54. The first kappa shape index (κ1) is 16.4. The van der Waals surface area contributed by atoms with Gasteiger partial charge in [-0.15, -0.1) is 0 Å². The van der Waals surface area contributed by atoms with Crippen LogP contribution in [0.4, 0.5) is 0 Å². The van der Waals surface area contributed by atoms with E-state index >= 15 is 0 Å². The zero-order valence-corrected chi connectivity index (χ0v) is 12.9. The maximum Gasteiger partial charge on any atom is 0.222 e. The second-order valence-corrected chi connectivity index (χ2v) is 5.72. The van der Waals surface area contributed by atoms with E-state index in [0.29, 0.717) is 18.4 Å². The average molecular weight is 269 g/mol. The van der Waals surface area contributed by atoms with Crippen LogP contribution in [0.15, 0.2) is 0 Å². The molecule has 0 aromatic rings. The molecule has 1 rings (SSSR count). The van der Waals surface area contributed by atoms with Crippen LogP contribution in [0.3, 0.4) is 0 Å². The third kappa shape index (κ3) is 5.11. The number of amides is 1. The number of likely N-dealkylation sites (tertiary alicyclic amines) is 1. The van der Waals surface area contributed by atoms with E-state index in [-0.39, 0.29) is 0 Å². The summed E-state index contributed by atoms with van der Waals surface area (Å²) in [6, 6.07) is 0.521. The fourth-order valence-electron chi connectivity index (χ4n) is 3.01. The molecule has 1 amide bonds. The lowest BCUT2D eigenvalue weighted by Crippen LogP contribution is -2.46. The minimum atomic E-state index is 0.291. The molecular formula is C15H31N3O. The molecule has 1 aliphatic rings. The van der Waals surface area contributed by atoms with E-state index in [1.807, 2.05) is 18.7 Å². The number of hydrogen-bond acceptors (Lipinski definition) is 3. The lowest BCUT2D eigenvalue weighted by molar-refractivity contribution is -0.131. The molecule has 0 bridgehead atoms. The summed E-state index contributed by atoms with van der Waals surface area (Å²) in [7, 11) is 0. The molecule has 0 aromatic heterocycles. The normalized spacial score (nSPS) is 24.4. The molecule has 1 saturated heterocycles. The van der Waals surface area contributed by atoms with E-state index in [0.717, 1.165) is 45.1 Å². The van der Waals surface area contributed by atoms with Gasteiger partial charge < -0.3 is 10.6 Å². The van der Waals surface area contributed by atoms with Crippen LogP contribution < -0.4 is 5.73 Å². The molecule has 4 nitrogen and oxygen atoms in total. The summed E-state index contributed by atoms with van der Waals surface area (Å²) in [5.41, 5.74) is 5.86. The van der Waals surface area contributed by atoms with Crippen LogP contribution in [0.25, 0.3) is 0 Å².